The lowest BCUT2D eigenvalue weighted by atomic mass is 9.90. The summed E-state index contributed by atoms with van der Waals surface area (Å²) in [6.07, 6.45) is 4.91. The minimum Gasteiger partial charge on any atom is -0.494 e. The molecule has 2 aliphatic heterocycles. The Bertz CT molecular complexity index is 1010. The van der Waals surface area contributed by atoms with Gasteiger partial charge in [0.05, 0.1) is 26.1 Å². The first-order valence-electron chi connectivity index (χ1n) is 12.8. The Labute approximate surface area is 205 Å². The third-order valence-electron chi connectivity index (χ3n) is 7.66. The first-order valence-corrected chi connectivity index (χ1v) is 12.8. The summed E-state index contributed by atoms with van der Waals surface area (Å²) in [4.78, 5) is 20.2. The standard InChI is InChI=1S/C26H35F2N5O2/c1-17(2)24-29-25(31-30-24)32-10-7-19(8-11-32)22-14-20(22)9-12-35-21-5-3-18(4-6-21)13-23(34)33-15-26(27,28)16-33/h3-6,17,19-20,22H,7-16H2,1-2H3,(H,29,30,31)/t20-,22?/m1/s1. The lowest BCUT2D eigenvalue weighted by Crippen LogP contribution is -2.58. The molecule has 2 saturated heterocycles. The summed E-state index contributed by atoms with van der Waals surface area (Å²) in [6, 6.07) is 7.41. The number of nitrogens with one attached hydrogen (secondary N) is 1. The summed E-state index contributed by atoms with van der Waals surface area (Å²) in [7, 11) is 0. The van der Waals surface area contributed by atoms with Crippen LogP contribution in [-0.2, 0) is 11.2 Å². The number of hydrogen-bond acceptors (Lipinski definition) is 5. The summed E-state index contributed by atoms with van der Waals surface area (Å²) < 4.78 is 31.8. The Morgan fingerprint density at radius 2 is 1.91 bits per heavy atom. The highest BCUT2D eigenvalue weighted by Gasteiger charge is 2.46. The van der Waals surface area contributed by atoms with Crippen LogP contribution in [0.25, 0.3) is 0 Å². The maximum atomic E-state index is 12.9. The van der Waals surface area contributed by atoms with E-state index in [1.54, 1.807) is 0 Å². The second-order valence-electron chi connectivity index (χ2n) is 10.7. The van der Waals surface area contributed by atoms with Crippen molar-refractivity contribution in [3.63, 3.8) is 0 Å². The van der Waals surface area contributed by atoms with E-state index in [1.165, 1.54) is 24.2 Å². The van der Waals surface area contributed by atoms with E-state index in [2.05, 4.69) is 33.9 Å². The lowest BCUT2D eigenvalue weighted by molar-refractivity contribution is -0.165. The maximum Gasteiger partial charge on any atom is 0.282 e. The van der Waals surface area contributed by atoms with Crippen LogP contribution in [0.3, 0.4) is 0 Å². The number of carbonyl (C=O) groups is 1. The average molecular weight is 488 g/mol. The third kappa shape index (κ3) is 5.76. The molecular formula is C26H35F2N5O2. The highest BCUT2D eigenvalue weighted by atomic mass is 19.3. The zero-order valence-corrected chi connectivity index (χ0v) is 20.6. The van der Waals surface area contributed by atoms with Gasteiger partial charge < -0.3 is 14.5 Å². The van der Waals surface area contributed by atoms with E-state index in [0.717, 1.165) is 60.3 Å². The number of benzene rings is 1. The van der Waals surface area contributed by atoms with Crippen molar-refractivity contribution in [2.45, 2.75) is 57.8 Å². The van der Waals surface area contributed by atoms with Crippen LogP contribution in [0.4, 0.5) is 14.7 Å². The van der Waals surface area contributed by atoms with Gasteiger partial charge in [0.2, 0.25) is 11.9 Å². The Morgan fingerprint density at radius 3 is 2.54 bits per heavy atom. The van der Waals surface area contributed by atoms with Gasteiger partial charge in [-0.05, 0) is 61.1 Å². The number of aromatic amines is 1. The Morgan fingerprint density at radius 1 is 1.20 bits per heavy atom. The number of piperidine rings is 1. The van der Waals surface area contributed by atoms with Crippen molar-refractivity contribution in [1.82, 2.24) is 20.1 Å². The van der Waals surface area contributed by atoms with Crippen molar-refractivity contribution >= 4 is 11.9 Å². The van der Waals surface area contributed by atoms with Gasteiger partial charge in [-0.15, -0.1) is 0 Å². The van der Waals surface area contributed by atoms with Gasteiger partial charge in [0.15, 0.2) is 5.82 Å². The quantitative estimate of drug-likeness (QED) is 0.572. The van der Waals surface area contributed by atoms with E-state index in [0.29, 0.717) is 12.5 Å². The average Bonchev–Trinajstić information content (AvgIpc) is 3.41. The Balaban J connectivity index is 0.986. The fraction of sp³-hybridized carbons (Fsp3) is 0.654. The van der Waals surface area contributed by atoms with Crippen LogP contribution in [0.5, 0.6) is 5.75 Å². The van der Waals surface area contributed by atoms with E-state index in [1.807, 2.05) is 24.3 Å². The predicted molar refractivity (Wildman–Crippen MR) is 129 cm³/mol. The van der Waals surface area contributed by atoms with Crippen molar-refractivity contribution in [3.05, 3.63) is 35.7 Å². The number of likely N-dealkylation sites (tertiary alicyclic amines) is 1. The molecule has 5 rings (SSSR count). The molecule has 1 N–H and O–H groups in total. The SMILES string of the molecule is CC(C)c1n[nH]c(N2CCC(C3C[C@H]3CCOc3ccc(CC(=O)N4CC(F)(F)C4)cc3)CC2)n1. The molecule has 1 amide bonds. The molecule has 2 atom stereocenters. The second kappa shape index (κ2) is 9.74. The molecule has 3 aliphatic rings. The van der Waals surface area contributed by atoms with Crippen molar-refractivity contribution < 1.29 is 18.3 Å². The summed E-state index contributed by atoms with van der Waals surface area (Å²) in [5.74, 6) is 2.28. The van der Waals surface area contributed by atoms with Crippen molar-refractivity contribution in [2.24, 2.45) is 17.8 Å². The van der Waals surface area contributed by atoms with Gasteiger partial charge in [0, 0.05) is 19.0 Å². The number of aromatic nitrogens is 3. The molecule has 1 unspecified atom stereocenters. The second-order valence-corrected chi connectivity index (χ2v) is 10.7. The van der Waals surface area contributed by atoms with Crippen LogP contribution in [0, 0.1) is 17.8 Å². The van der Waals surface area contributed by atoms with Crippen LogP contribution in [-0.4, -0.2) is 64.7 Å². The van der Waals surface area contributed by atoms with Crippen molar-refractivity contribution in [3.8, 4) is 5.75 Å². The number of nitrogens with zero attached hydrogens (tertiary/aromatic N) is 4. The van der Waals surface area contributed by atoms with Crippen molar-refractivity contribution in [2.75, 3.05) is 37.7 Å². The molecule has 3 fully saturated rings. The van der Waals surface area contributed by atoms with E-state index in [9.17, 15) is 13.6 Å². The first kappa shape index (κ1) is 24.0. The van der Waals surface area contributed by atoms with Crippen LogP contribution >= 0.6 is 0 Å². The van der Waals surface area contributed by atoms with E-state index in [-0.39, 0.29) is 12.3 Å². The Kier molecular flexibility index (Phi) is 6.68. The number of halogens is 2. The highest BCUT2D eigenvalue weighted by molar-refractivity contribution is 5.79. The zero-order chi connectivity index (χ0) is 24.6. The lowest BCUT2D eigenvalue weighted by Gasteiger charge is -2.38. The van der Waals surface area contributed by atoms with E-state index in [4.69, 9.17) is 4.74 Å². The summed E-state index contributed by atoms with van der Waals surface area (Å²) >= 11 is 0. The molecule has 9 heteroatoms. The molecule has 1 aliphatic carbocycles. The Hall–Kier alpha value is -2.71. The minimum absolute atomic E-state index is 0.147. The zero-order valence-electron chi connectivity index (χ0n) is 20.6. The molecule has 0 bridgehead atoms. The fourth-order valence-electron chi connectivity index (χ4n) is 5.39. The molecule has 1 aromatic heterocycles. The number of anilines is 1. The molecule has 0 radical (unpaired) electrons. The molecule has 190 valence electrons. The van der Waals surface area contributed by atoms with Crippen LogP contribution in [0.2, 0.25) is 0 Å². The van der Waals surface area contributed by atoms with Gasteiger partial charge in [0.25, 0.3) is 5.92 Å². The van der Waals surface area contributed by atoms with Gasteiger partial charge in [-0.3, -0.25) is 4.79 Å². The number of rotatable bonds is 9. The largest absolute Gasteiger partial charge is 0.494 e. The predicted octanol–water partition coefficient (Wildman–Crippen LogP) is 4.27. The van der Waals surface area contributed by atoms with Gasteiger partial charge >= 0.3 is 0 Å². The van der Waals surface area contributed by atoms with Gasteiger partial charge in [0.1, 0.15) is 5.75 Å². The molecule has 2 aromatic rings. The number of H-pyrrole nitrogens is 1. The maximum absolute atomic E-state index is 12.9. The molecule has 3 heterocycles. The summed E-state index contributed by atoms with van der Waals surface area (Å²) in [6.45, 7) is 6.05. The van der Waals surface area contributed by atoms with Crippen LogP contribution in [0.1, 0.15) is 56.8 Å². The number of carbonyl (C=O) groups excluding carboxylic acids is 1. The van der Waals surface area contributed by atoms with Crippen molar-refractivity contribution in [1.29, 1.82) is 0 Å². The molecular weight excluding hydrogens is 452 g/mol. The third-order valence-corrected chi connectivity index (χ3v) is 7.66. The minimum atomic E-state index is -2.72. The molecule has 1 aromatic carbocycles. The highest BCUT2D eigenvalue weighted by Crippen LogP contribution is 2.49. The molecule has 1 saturated carbocycles. The van der Waals surface area contributed by atoms with Crippen LogP contribution < -0.4 is 9.64 Å². The van der Waals surface area contributed by atoms with E-state index < -0.39 is 19.0 Å². The monoisotopic (exact) mass is 487 g/mol. The number of ether oxygens (including phenoxy) is 1. The number of amides is 1. The summed E-state index contributed by atoms with van der Waals surface area (Å²) in [5, 5.41) is 7.43. The summed E-state index contributed by atoms with van der Waals surface area (Å²) in [5.41, 5.74) is 0.817. The van der Waals surface area contributed by atoms with Crippen LogP contribution in [0.15, 0.2) is 24.3 Å². The molecule has 0 spiro atoms. The smallest absolute Gasteiger partial charge is 0.282 e. The van der Waals surface area contributed by atoms with Gasteiger partial charge in [-0.1, -0.05) is 26.0 Å². The van der Waals surface area contributed by atoms with Gasteiger partial charge in [-0.2, -0.15) is 10.1 Å². The first-order chi connectivity index (χ1) is 16.8. The topological polar surface area (TPSA) is 74.4 Å². The number of hydrogen-bond donors (Lipinski definition) is 1. The normalized spacial score (nSPS) is 23.9. The number of alkyl halides is 2. The van der Waals surface area contributed by atoms with Gasteiger partial charge in [-0.25, -0.2) is 13.9 Å². The molecule has 7 nitrogen and oxygen atoms in total. The van der Waals surface area contributed by atoms with E-state index >= 15 is 0 Å². The molecule has 35 heavy (non-hydrogen) atoms. The fourth-order valence-corrected chi connectivity index (χ4v) is 5.39.